The van der Waals surface area contributed by atoms with Crippen LogP contribution >= 0.6 is 0 Å². The van der Waals surface area contributed by atoms with Gasteiger partial charge in [-0.15, -0.1) is 0 Å². The van der Waals surface area contributed by atoms with Crippen LogP contribution in [0.3, 0.4) is 0 Å². The molecular formula is C9H15N3O2. The number of nitrogens with zero attached hydrogens (tertiary/aromatic N) is 1. The van der Waals surface area contributed by atoms with E-state index >= 15 is 0 Å². The average molecular weight is 197 g/mol. The van der Waals surface area contributed by atoms with E-state index in [1.54, 1.807) is 6.20 Å². The zero-order valence-electron chi connectivity index (χ0n) is 8.03. The number of aromatic nitrogens is 1. The van der Waals surface area contributed by atoms with Gasteiger partial charge in [0.2, 0.25) is 0 Å². The summed E-state index contributed by atoms with van der Waals surface area (Å²) in [5.41, 5.74) is 5.36. The van der Waals surface area contributed by atoms with Gasteiger partial charge in [0, 0.05) is 12.6 Å². The summed E-state index contributed by atoms with van der Waals surface area (Å²) in [7, 11) is 0. The van der Waals surface area contributed by atoms with E-state index in [9.17, 15) is 0 Å². The molecule has 78 valence electrons. The predicted octanol–water partition coefficient (Wildman–Crippen LogP) is 0.525. The van der Waals surface area contributed by atoms with Crippen molar-refractivity contribution in [2.75, 3.05) is 18.9 Å². The van der Waals surface area contributed by atoms with Gasteiger partial charge >= 0.3 is 0 Å². The summed E-state index contributed by atoms with van der Waals surface area (Å²) in [6.07, 6.45) is 3.92. The smallest absolute Gasteiger partial charge is 0.292 e. The summed E-state index contributed by atoms with van der Waals surface area (Å²) in [4.78, 5) is 3.82. The highest BCUT2D eigenvalue weighted by Crippen LogP contribution is 2.08. The Balaban J connectivity index is 1.76. The predicted molar refractivity (Wildman–Crippen MR) is 51.6 cm³/mol. The van der Waals surface area contributed by atoms with E-state index in [-0.39, 0.29) is 6.01 Å². The lowest BCUT2D eigenvalue weighted by molar-refractivity contribution is 0.0693. The Morgan fingerprint density at radius 1 is 1.64 bits per heavy atom. The maximum atomic E-state index is 5.36. The Morgan fingerprint density at radius 2 is 2.57 bits per heavy atom. The van der Waals surface area contributed by atoms with E-state index in [1.165, 1.54) is 0 Å². The SMILES string of the molecule is Nc1ncc(CN[C@H]2CCCOC2)o1. The van der Waals surface area contributed by atoms with Gasteiger partial charge in [-0.1, -0.05) is 0 Å². The van der Waals surface area contributed by atoms with Crippen molar-refractivity contribution in [1.29, 1.82) is 0 Å². The molecule has 3 N–H and O–H groups in total. The average Bonchev–Trinajstić information content (AvgIpc) is 2.63. The first-order chi connectivity index (χ1) is 6.84. The monoisotopic (exact) mass is 197 g/mol. The number of anilines is 1. The first-order valence-electron chi connectivity index (χ1n) is 4.86. The summed E-state index contributed by atoms with van der Waals surface area (Å²) >= 11 is 0. The number of nitrogens with one attached hydrogen (secondary N) is 1. The van der Waals surface area contributed by atoms with Gasteiger partial charge in [0.25, 0.3) is 6.01 Å². The van der Waals surface area contributed by atoms with Gasteiger partial charge in [-0.2, -0.15) is 0 Å². The summed E-state index contributed by atoms with van der Waals surface area (Å²) in [6, 6.07) is 0.650. The molecule has 0 radical (unpaired) electrons. The molecule has 1 aliphatic rings. The molecule has 1 aliphatic heterocycles. The lowest BCUT2D eigenvalue weighted by Gasteiger charge is -2.22. The molecule has 1 saturated heterocycles. The highest BCUT2D eigenvalue weighted by atomic mass is 16.5. The van der Waals surface area contributed by atoms with E-state index in [0.717, 1.165) is 31.8 Å². The number of nitrogens with two attached hydrogens (primary N) is 1. The van der Waals surface area contributed by atoms with Crippen LogP contribution in [0.2, 0.25) is 0 Å². The molecule has 1 atom stereocenters. The Hall–Kier alpha value is -1.07. The summed E-state index contributed by atoms with van der Waals surface area (Å²) < 4.78 is 10.5. The Kier molecular flexibility index (Phi) is 3.00. The van der Waals surface area contributed by atoms with Gasteiger partial charge in [-0.25, -0.2) is 4.98 Å². The largest absolute Gasteiger partial charge is 0.428 e. The van der Waals surface area contributed by atoms with Crippen LogP contribution in [0.25, 0.3) is 0 Å². The minimum Gasteiger partial charge on any atom is -0.428 e. The standard InChI is InChI=1S/C9H15N3O2/c10-9-12-5-8(14-9)4-11-7-2-1-3-13-6-7/h5,7,11H,1-4,6H2,(H2,10,12)/t7-/m0/s1. The topological polar surface area (TPSA) is 73.3 Å². The molecule has 0 unspecified atom stereocenters. The van der Waals surface area contributed by atoms with Crippen LogP contribution in [-0.2, 0) is 11.3 Å². The molecule has 0 spiro atoms. The minimum absolute atomic E-state index is 0.224. The highest BCUT2D eigenvalue weighted by molar-refractivity contribution is 5.10. The number of hydrogen-bond acceptors (Lipinski definition) is 5. The number of hydrogen-bond donors (Lipinski definition) is 2. The zero-order chi connectivity index (χ0) is 9.80. The van der Waals surface area contributed by atoms with Gasteiger partial charge in [-0.3, -0.25) is 0 Å². The summed E-state index contributed by atoms with van der Waals surface area (Å²) in [5.74, 6) is 0.771. The van der Waals surface area contributed by atoms with Crippen molar-refractivity contribution in [3.05, 3.63) is 12.0 Å². The van der Waals surface area contributed by atoms with Crippen molar-refractivity contribution in [2.45, 2.75) is 25.4 Å². The molecule has 1 aromatic heterocycles. The Morgan fingerprint density at radius 3 is 3.21 bits per heavy atom. The Labute approximate surface area is 82.6 Å². The van der Waals surface area contributed by atoms with E-state index in [4.69, 9.17) is 14.9 Å². The van der Waals surface area contributed by atoms with Crippen LogP contribution in [0.1, 0.15) is 18.6 Å². The van der Waals surface area contributed by atoms with Crippen LogP contribution < -0.4 is 11.1 Å². The molecule has 0 bridgehead atoms. The number of nitrogen functional groups attached to an aromatic ring is 1. The first-order valence-corrected chi connectivity index (χ1v) is 4.86. The van der Waals surface area contributed by atoms with E-state index < -0.39 is 0 Å². The van der Waals surface area contributed by atoms with Crippen LogP contribution in [0, 0.1) is 0 Å². The molecule has 1 aromatic rings. The lowest BCUT2D eigenvalue weighted by Crippen LogP contribution is -2.36. The molecule has 2 heterocycles. The molecule has 0 aliphatic carbocycles. The van der Waals surface area contributed by atoms with Crippen molar-refractivity contribution in [3.8, 4) is 0 Å². The minimum atomic E-state index is 0.224. The fourth-order valence-corrected chi connectivity index (χ4v) is 1.55. The first kappa shape index (κ1) is 9.48. The van der Waals surface area contributed by atoms with E-state index in [1.807, 2.05) is 0 Å². The second-order valence-corrected chi connectivity index (χ2v) is 3.46. The summed E-state index contributed by atoms with van der Waals surface area (Å²) in [5, 5.41) is 3.34. The van der Waals surface area contributed by atoms with Crippen molar-refractivity contribution >= 4 is 6.01 Å². The van der Waals surface area contributed by atoms with Crippen LogP contribution in [0.5, 0.6) is 0 Å². The number of oxazole rings is 1. The molecule has 0 aromatic carbocycles. The van der Waals surface area contributed by atoms with Crippen molar-refractivity contribution in [3.63, 3.8) is 0 Å². The maximum Gasteiger partial charge on any atom is 0.292 e. The van der Waals surface area contributed by atoms with Crippen molar-refractivity contribution in [1.82, 2.24) is 10.3 Å². The van der Waals surface area contributed by atoms with Crippen LogP contribution in [0.4, 0.5) is 6.01 Å². The van der Waals surface area contributed by atoms with Gasteiger partial charge in [-0.05, 0) is 12.8 Å². The third-order valence-corrected chi connectivity index (χ3v) is 2.30. The molecule has 14 heavy (non-hydrogen) atoms. The third kappa shape index (κ3) is 2.46. The molecule has 1 fully saturated rings. The number of ether oxygens (including phenoxy) is 1. The highest BCUT2D eigenvalue weighted by Gasteiger charge is 2.13. The molecule has 2 rings (SSSR count). The third-order valence-electron chi connectivity index (χ3n) is 2.30. The van der Waals surface area contributed by atoms with Crippen molar-refractivity contribution < 1.29 is 9.15 Å². The molecule has 0 saturated carbocycles. The molecular weight excluding hydrogens is 182 g/mol. The summed E-state index contributed by atoms with van der Waals surface area (Å²) in [6.45, 7) is 2.33. The Bertz CT molecular complexity index is 281. The number of rotatable bonds is 3. The fourth-order valence-electron chi connectivity index (χ4n) is 1.55. The zero-order valence-corrected chi connectivity index (χ0v) is 8.03. The normalized spacial score (nSPS) is 22.4. The van der Waals surface area contributed by atoms with Crippen LogP contribution in [-0.4, -0.2) is 24.2 Å². The quantitative estimate of drug-likeness (QED) is 0.739. The fraction of sp³-hybridized carbons (Fsp3) is 0.667. The maximum absolute atomic E-state index is 5.36. The van der Waals surface area contributed by atoms with Gasteiger partial charge in [0.15, 0.2) is 0 Å². The molecule has 0 amide bonds. The van der Waals surface area contributed by atoms with Gasteiger partial charge < -0.3 is 20.2 Å². The van der Waals surface area contributed by atoms with Crippen LogP contribution in [0.15, 0.2) is 10.6 Å². The molecule has 5 nitrogen and oxygen atoms in total. The van der Waals surface area contributed by atoms with Crippen molar-refractivity contribution in [2.24, 2.45) is 0 Å². The van der Waals surface area contributed by atoms with Gasteiger partial charge in [0.1, 0.15) is 5.76 Å². The second kappa shape index (κ2) is 4.43. The van der Waals surface area contributed by atoms with E-state index in [0.29, 0.717) is 12.6 Å². The molecule has 5 heteroatoms. The lowest BCUT2D eigenvalue weighted by atomic mass is 10.1. The van der Waals surface area contributed by atoms with Gasteiger partial charge in [0.05, 0.1) is 19.3 Å². The van der Waals surface area contributed by atoms with E-state index in [2.05, 4.69) is 10.3 Å². The second-order valence-electron chi connectivity index (χ2n) is 3.46.